The molecule has 0 aliphatic rings. The van der Waals surface area contributed by atoms with Crippen LogP contribution in [-0.4, -0.2) is 36.0 Å². The monoisotopic (exact) mass is 354 g/mol. The lowest BCUT2D eigenvalue weighted by Crippen LogP contribution is -2.35. The number of carbonyl (C=O) groups is 1. The zero-order chi connectivity index (χ0) is 18.0. The lowest BCUT2D eigenvalue weighted by Gasteiger charge is -2.18. The van der Waals surface area contributed by atoms with Gasteiger partial charge in [0, 0.05) is 42.3 Å². The maximum Gasteiger partial charge on any atom is 0.262 e. The number of carbonyl (C=O) groups excluding carboxylic acids is 1. The van der Waals surface area contributed by atoms with Gasteiger partial charge in [0.15, 0.2) is 6.10 Å². The molecule has 0 saturated carbocycles. The van der Waals surface area contributed by atoms with Crippen LogP contribution in [0.2, 0.25) is 5.02 Å². The van der Waals surface area contributed by atoms with E-state index in [9.17, 15) is 4.79 Å². The lowest BCUT2D eigenvalue weighted by molar-refractivity contribution is -0.135. The Morgan fingerprint density at radius 1 is 1.12 bits per heavy atom. The molecule has 0 spiro atoms. The van der Waals surface area contributed by atoms with Crippen LogP contribution in [0.25, 0.3) is 22.0 Å². The minimum Gasteiger partial charge on any atom is -0.481 e. The molecule has 1 atom stereocenters. The number of likely N-dealkylation sites (N-methyl/N-ethyl adjacent to an activating group) is 1. The predicted molar refractivity (Wildman–Crippen MR) is 101 cm³/mol. The van der Waals surface area contributed by atoms with Gasteiger partial charge in [-0.15, -0.1) is 0 Å². The fraction of sp³-hybridized carbons (Fsp3) is 0.200. The molecule has 1 aromatic heterocycles. The third kappa shape index (κ3) is 3.59. The van der Waals surface area contributed by atoms with Crippen LogP contribution >= 0.6 is 11.6 Å². The number of fused-ring (bicyclic) bond motifs is 1. The van der Waals surface area contributed by atoms with Crippen LogP contribution < -0.4 is 4.74 Å². The molecule has 0 saturated heterocycles. The van der Waals surface area contributed by atoms with E-state index >= 15 is 0 Å². The minimum atomic E-state index is -0.556. The molecule has 4 nitrogen and oxygen atoms in total. The molecule has 0 radical (unpaired) electrons. The fourth-order valence-electron chi connectivity index (χ4n) is 2.73. The molecule has 0 unspecified atom stereocenters. The van der Waals surface area contributed by atoms with E-state index in [0.29, 0.717) is 10.8 Å². The first-order chi connectivity index (χ1) is 12.0. The quantitative estimate of drug-likeness (QED) is 0.697. The molecule has 0 fully saturated rings. The molecule has 0 aliphatic carbocycles. The van der Waals surface area contributed by atoms with E-state index < -0.39 is 6.10 Å². The Balaban J connectivity index is 1.98. The first-order valence-electron chi connectivity index (χ1n) is 7.99. The normalized spacial score (nSPS) is 12.0. The number of halogens is 1. The fourth-order valence-corrected chi connectivity index (χ4v) is 2.97. The first kappa shape index (κ1) is 17.2. The summed E-state index contributed by atoms with van der Waals surface area (Å²) in [5.74, 6) is 0.525. The number of hydrogen-bond acceptors (Lipinski definition) is 3. The first-order valence-corrected chi connectivity index (χ1v) is 8.36. The highest BCUT2D eigenvalue weighted by atomic mass is 35.5. The summed E-state index contributed by atoms with van der Waals surface area (Å²) >= 11 is 6.34. The van der Waals surface area contributed by atoms with Gasteiger partial charge in [0.1, 0.15) is 5.75 Å². The third-order valence-corrected chi connectivity index (χ3v) is 4.31. The van der Waals surface area contributed by atoms with E-state index in [2.05, 4.69) is 4.98 Å². The highest BCUT2D eigenvalue weighted by molar-refractivity contribution is 6.33. The van der Waals surface area contributed by atoms with E-state index in [-0.39, 0.29) is 5.91 Å². The van der Waals surface area contributed by atoms with Crippen molar-refractivity contribution in [3.05, 3.63) is 59.8 Å². The van der Waals surface area contributed by atoms with Crippen LogP contribution in [0.15, 0.2) is 54.7 Å². The van der Waals surface area contributed by atoms with Crippen LogP contribution in [0.4, 0.5) is 0 Å². The second-order valence-corrected chi connectivity index (χ2v) is 6.42. The van der Waals surface area contributed by atoms with Crippen LogP contribution in [0, 0.1) is 0 Å². The number of aromatic nitrogens is 1. The van der Waals surface area contributed by atoms with Crippen molar-refractivity contribution in [1.82, 2.24) is 9.88 Å². The Labute approximate surface area is 152 Å². The molecule has 0 bridgehead atoms. The van der Waals surface area contributed by atoms with Crippen LogP contribution in [0.3, 0.4) is 0 Å². The maximum absolute atomic E-state index is 12.0. The lowest BCUT2D eigenvalue weighted by atomic mass is 10.0. The van der Waals surface area contributed by atoms with Gasteiger partial charge >= 0.3 is 0 Å². The Morgan fingerprint density at radius 2 is 1.88 bits per heavy atom. The second kappa shape index (κ2) is 7.11. The molecule has 25 heavy (non-hydrogen) atoms. The number of rotatable bonds is 4. The van der Waals surface area contributed by atoms with Crippen molar-refractivity contribution in [2.45, 2.75) is 13.0 Å². The summed E-state index contributed by atoms with van der Waals surface area (Å²) in [7, 11) is 3.42. The summed E-state index contributed by atoms with van der Waals surface area (Å²) < 4.78 is 5.76. The largest absolute Gasteiger partial charge is 0.481 e. The van der Waals surface area contributed by atoms with Gasteiger partial charge in [0.05, 0.1) is 5.52 Å². The Morgan fingerprint density at radius 3 is 2.60 bits per heavy atom. The number of ether oxygens (including phenoxy) is 1. The van der Waals surface area contributed by atoms with E-state index in [0.717, 1.165) is 22.0 Å². The van der Waals surface area contributed by atoms with E-state index in [1.54, 1.807) is 27.2 Å². The van der Waals surface area contributed by atoms with Crippen LogP contribution in [-0.2, 0) is 4.79 Å². The SMILES string of the molecule is C[C@@H](Oc1ccc2c(-c3ccccc3Cl)ccnc2c1)C(=O)N(C)C. The average Bonchev–Trinajstić information content (AvgIpc) is 2.60. The number of nitrogens with zero attached hydrogens (tertiary/aromatic N) is 2. The second-order valence-electron chi connectivity index (χ2n) is 6.01. The summed E-state index contributed by atoms with van der Waals surface area (Å²) in [6.07, 6.45) is 1.19. The highest BCUT2D eigenvalue weighted by Gasteiger charge is 2.17. The third-order valence-electron chi connectivity index (χ3n) is 3.98. The summed E-state index contributed by atoms with van der Waals surface area (Å²) in [6, 6.07) is 15.3. The highest BCUT2D eigenvalue weighted by Crippen LogP contribution is 2.33. The van der Waals surface area contributed by atoms with E-state index in [4.69, 9.17) is 16.3 Å². The Hall–Kier alpha value is -2.59. The van der Waals surface area contributed by atoms with Gasteiger partial charge in [0.2, 0.25) is 0 Å². The average molecular weight is 355 g/mol. The van der Waals surface area contributed by atoms with Crippen LogP contribution in [0.1, 0.15) is 6.92 Å². The number of hydrogen-bond donors (Lipinski definition) is 0. The molecular formula is C20H19ClN2O2. The Kier molecular flexibility index (Phi) is 4.91. The minimum absolute atomic E-state index is 0.0853. The number of benzene rings is 2. The zero-order valence-corrected chi connectivity index (χ0v) is 15.1. The van der Waals surface area contributed by atoms with Crippen molar-refractivity contribution in [3.8, 4) is 16.9 Å². The van der Waals surface area contributed by atoms with Gasteiger partial charge in [0.25, 0.3) is 5.91 Å². The molecular weight excluding hydrogens is 336 g/mol. The molecule has 0 N–H and O–H groups in total. The van der Waals surface area contributed by atoms with Crippen LogP contribution in [0.5, 0.6) is 5.75 Å². The summed E-state index contributed by atoms with van der Waals surface area (Å²) in [5, 5.41) is 1.68. The smallest absolute Gasteiger partial charge is 0.262 e. The van der Waals surface area contributed by atoms with Gasteiger partial charge in [-0.3, -0.25) is 9.78 Å². The topological polar surface area (TPSA) is 42.4 Å². The molecule has 1 heterocycles. The van der Waals surface area contributed by atoms with Gasteiger partial charge in [-0.25, -0.2) is 0 Å². The van der Waals surface area contributed by atoms with Gasteiger partial charge < -0.3 is 9.64 Å². The molecule has 2 aromatic carbocycles. The summed E-state index contributed by atoms with van der Waals surface area (Å²) in [6.45, 7) is 1.74. The molecule has 1 amide bonds. The summed E-state index contributed by atoms with van der Waals surface area (Å²) in [4.78, 5) is 17.9. The molecule has 128 valence electrons. The van der Waals surface area contributed by atoms with Crippen molar-refractivity contribution in [2.24, 2.45) is 0 Å². The van der Waals surface area contributed by atoms with Crippen molar-refractivity contribution in [1.29, 1.82) is 0 Å². The Bertz CT molecular complexity index is 924. The number of amides is 1. The zero-order valence-electron chi connectivity index (χ0n) is 14.4. The molecule has 3 aromatic rings. The predicted octanol–water partition coefficient (Wildman–Crippen LogP) is 4.41. The van der Waals surface area contributed by atoms with Crippen molar-refractivity contribution >= 4 is 28.4 Å². The van der Waals surface area contributed by atoms with Crippen molar-refractivity contribution in [2.75, 3.05) is 14.1 Å². The maximum atomic E-state index is 12.0. The van der Waals surface area contributed by atoms with Gasteiger partial charge in [-0.1, -0.05) is 29.8 Å². The summed E-state index contributed by atoms with van der Waals surface area (Å²) in [5.41, 5.74) is 2.76. The molecule has 0 aliphatic heterocycles. The van der Waals surface area contributed by atoms with Crippen molar-refractivity contribution in [3.63, 3.8) is 0 Å². The van der Waals surface area contributed by atoms with Gasteiger partial charge in [-0.05, 0) is 36.8 Å². The van der Waals surface area contributed by atoms with E-state index in [1.807, 2.05) is 48.5 Å². The number of pyridine rings is 1. The van der Waals surface area contributed by atoms with Crippen molar-refractivity contribution < 1.29 is 9.53 Å². The van der Waals surface area contributed by atoms with Gasteiger partial charge in [-0.2, -0.15) is 0 Å². The molecule has 3 rings (SSSR count). The van der Waals surface area contributed by atoms with E-state index in [1.165, 1.54) is 4.90 Å². The standard InChI is InChI=1S/C20H19ClN2O2/c1-13(20(24)23(2)3)25-14-8-9-17-15(10-11-22-19(17)12-14)16-6-4-5-7-18(16)21/h4-13H,1-3H3/t13-/m1/s1. The molecule has 5 heteroatoms.